The molecule has 24 heavy (non-hydrogen) atoms. The monoisotopic (exact) mass is 346 g/mol. The standard InChI is InChI=1S/C17H22N4O2S/c1-11-5-7-13(8-6-11)16-19-20-17(24)21(16)10-15(22)18-12(2)14-4-3-9-23-14/h5-8,12,14H,3-4,9-10H2,1-2H3,(H,18,22)(H,20,24)/t12-,14+/m0/s1. The molecule has 1 aliphatic heterocycles. The Morgan fingerprint density at radius 1 is 1.50 bits per heavy atom. The lowest BCUT2D eigenvalue weighted by molar-refractivity contribution is -0.123. The van der Waals surface area contributed by atoms with Crippen LogP contribution in [0, 0.1) is 11.7 Å². The molecular weight excluding hydrogens is 324 g/mol. The molecule has 0 radical (unpaired) electrons. The van der Waals surface area contributed by atoms with Gasteiger partial charge in [0.1, 0.15) is 6.54 Å². The summed E-state index contributed by atoms with van der Waals surface area (Å²) in [6.07, 6.45) is 2.14. The number of aryl methyl sites for hydroxylation is 1. The minimum absolute atomic E-state index is 0.0103. The van der Waals surface area contributed by atoms with Gasteiger partial charge >= 0.3 is 0 Å². The predicted molar refractivity (Wildman–Crippen MR) is 94.2 cm³/mol. The van der Waals surface area contributed by atoms with Gasteiger partial charge in [-0.3, -0.25) is 14.5 Å². The Morgan fingerprint density at radius 3 is 2.92 bits per heavy atom. The molecule has 2 heterocycles. The molecule has 0 spiro atoms. The summed E-state index contributed by atoms with van der Waals surface area (Å²) in [7, 11) is 0. The van der Waals surface area contributed by atoms with E-state index in [-0.39, 0.29) is 24.6 Å². The molecule has 3 rings (SSSR count). The quantitative estimate of drug-likeness (QED) is 0.817. The largest absolute Gasteiger partial charge is 0.376 e. The van der Waals surface area contributed by atoms with Gasteiger partial charge in [0.2, 0.25) is 5.91 Å². The van der Waals surface area contributed by atoms with E-state index in [2.05, 4.69) is 15.5 Å². The number of benzene rings is 1. The predicted octanol–water partition coefficient (Wildman–Crippen LogP) is 2.60. The number of carbonyl (C=O) groups is 1. The molecule has 2 atom stereocenters. The molecular formula is C17H22N4O2S. The van der Waals surface area contributed by atoms with E-state index < -0.39 is 0 Å². The van der Waals surface area contributed by atoms with Crippen LogP contribution in [0.3, 0.4) is 0 Å². The van der Waals surface area contributed by atoms with Crippen LogP contribution in [0.25, 0.3) is 11.4 Å². The van der Waals surface area contributed by atoms with Crippen LogP contribution in [0.1, 0.15) is 25.3 Å². The fourth-order valence-corrected chi connectivity index (χ4v) is 3.12. The van der Waals surface area contributed by atoms with E-state index in [9.17, 15) is 4.79 Å². The van der Waals surface area contributed by atoms with Gasteiger partial charge in [-0.2, -0.15) is 5.10 Å². The van der Waals surface area contributed by atoms with Crippen molar-refractivity contribution in [1.29, 1.82) is 0 Å². The Bertz CT molecular complexity index is 760. The summed E-state index contributed by atoms with van der Waals surface area (Å²) in [5, 5.41) is 10.0. The second-order valence-electron chi connectivity index (χ2n) is 6.21. The highest BCUT2D eigenvalue weighted by molar-refractivity contribution is 7.71. The number of amides is 1. The molecule has 0 saturated carbocycles. The van der Waals surface area contributed by atoms with E-state index in [1.165, 1.54) is 5.56 Å². The molecule has 1 aromatic carbocycles. The summed E-state index contributed by atoms with van der Waals surface area (Å²) in [6, 6.07) is 7.96. The van der Waals surface area contributed by atoms with E-state index in [1.54, 1.807) is 4.57 Å². The summed E-state index contributed by atoms with van der Waals surface area (Å²) in [5.74, 6) is 0.573. The second-order valence-corrected chi connectivity index (χ2v) is 6.60. The van der Waals surface area contributed by atoms with Crippen molar-refractivity contribution in [3.05, 3.63) is 34.6 Å². The van der Waals surface area contributed by atoms with Gasteiger partial charge in [0.15, 0.2) is 10.6 Å². The molecule has 1 aromatic heterocycles. The number of hydrogen-bond donors (Lipinski definition) is 2. The molecule has 0 bridgehead atoms. The van der Waals surface area contributed by atoms with E-state index in [4.69, 9.17) is 17.0 Å². The van der Waals surface area contributed by atoms with E-state index in [0.717, 1.165) is 25.0 Å². The fraction of sp³-hybridized carbons (Fsp3) is 0.471. The first kappa shape index (κ1) is 16.9. The average Bonchev–Trinajstić information content (AvgIpc) is 3.20. The van der Waals surface area contributed by atoms with Gasteiger partial charge in [0, 0.05) is 12.2 Å². The molecule has 0 aliphatic carbocycles. The third kappa shape index (κ3) is 3.73. The van der Waals surface area contributed by atoms with Crippen molar-refractivity contribution in [2.75, 3.05) is 6.61 Å². The van der Waals surface area contributed by atoms with Crippen molar-refractivity contribution in [3.63, 3.8) is 0 Å². The third-order valence-electron chi connectivity index (χ3n) is 4.28. The number of rotatable bonds is 5. The minimum atomic E-state index is -0.0936. The molecule has 2 N–H and O–H groups in total. The highest BCUT2D eigenvalue weighted by Gasteiger charge is 2.24. The van der Waals surface area contributed by atoms with Gasteiger partial charge < -0.3 is 10.1 Å². The van der Waals surface area contributed by atoms with Crippen molar-refractivity contribution in [1.82, 2.24) is 20.1 Å². The Labute approximate surface area is 146 Å². The summed E-state index contributed by atoms with van der Waals surface area (Å²) in [4.78, 5) is 12.4. The molecule has 6 nitrogen and oxygen atoms in total. The zero-order valence-corrected chi connectivity index (χ0v) is 14.7. The zero-order valence-electron chi connectivity index (χ0n) is 13.9. The van der Waals surface area contributed by atoms with Crippen LogP contribution in [0.4, 0.5) is 0 Å². The first-order chi connectivity index (χ1) is 11.5. The summed E-state index contributed by atoms with van der Waals surface area (Å²) >= 11 is 5.28. The number of carbonyl (C=O) groups excluding carboxylic acids is 1. The average molecular weight is 346 g/mol. The Kier molecular flexibility index (Phi) is 5.11. The van der Waals surface area contributed by atoms with Crippen molar-refractivity contribution in [3.8, 4) is 11.4 Å². The molecule has 0 unspecified atom stereocenters. The maximum absolute atomic E-state index is 12.4. The van der Waals surface area contributed by atoms with Crippen LogP contribution in [0.15, 0.2) is 24.3 Å². The van der Waals surface area contributed by atoms with Crippen LogP contribution in [-0.4, -0.2) is 39.4 Å². The van der Waals surface area contributed by atoms with E-state index in [1.807, 2.05) is 38.1 Å². The number of H-pyrrole nitrogens is 1. The molecule has 1 saturated heterocycles. The maximum Gasteiger partial charge on any atom is 0.240 e. The first-order valence-electron chi connectivity index (χ1n) is 8.18. The van der Waals surface area contributed by atoms with Gasteiger partial charge in [0.05, 0.1) is 12.1 Å². The van der Waals surface area contributed by atoms with Crippen LogP contribution < -0.4 is 5.32 Å². The number of ether oxygens (including phenoxy) is 1. The number of hydrogen-bond acceptors (Lipinski definition) is 4. The van der Waals surface area contributed by atoms with Gasteiger partial charge in [-0.05, 0) is 38.9 Å². The summed E-state index contributed by atoms with van der Waals surface area (Å²) in [6.45, 7) is 4.91. The molecule has 1 fully saturated rings. The topological polar surface area (TPSA) is 71.9 Å². The van der Waals surface area contributed by atoms with Crippen LogP contribution >= 0.6 is 12.2 Å². The van der Waals surface area contributed by atoms with E-state index in [0.29, 0.717) is 10.6 Å². The van der Waals surface area contributed by atoms with E-state index >= 15 is 0 Å². The van der Waals surface area contributed by atoms with Crippen molar-refractivity contribution in [2.45, 2.75) is 45.4 Å². The van der Waals surface area contributed by atoms with Crippen LogP contribution in [0.2, 0.25) is 0 Å². The SMILES string of the molecule is Cc1ccc(-c2n[nH]c(=S)n2CC(=O)N[C@@H](C)[C@H]2CCCO2)cc1. The summed E-state index contributed by atoms with van der Waals surface area (Å²) in [5.41, 5.74) is 2.09. The van der Waals surface area contributed by atoms with Crippen LogP contribution in [-0.2, 0) is 16.1 Å². The normalized spacial score (nSPS) is 18.5. The van der Waals surface area contributed by atoms with Gasteiger partial charge in [-0.25, -0.2) is 0 Å². The van der Waals surface area contributed by atoms with Gasteiger partial charge in [-0.15, -0.1) is 0 Å². The van der Waals surface area contributed by atoms with Crippen molar-refractivity contribution >= 4 is 18.1 Å². The molecule has 2 aromatic rings. The number of aromatic nitrogens is 3. The Hall–Kier alpha value is -1.99. The second kappa shape index (κ2) is 7.27. The van der Waals surface area contributed by atoms with Gasteiger partial charge in [0.25, 0.3) is 0 Å². The first-order valence-corrected chi connectivity index (χ1v) is 8.58. The fourth-order valence-electron chi connectivity index (χ4n) is 2.92. The van der Waals surface area contributed by atoms with Crippen molar-refractivity contribution in [2.24, 2.45) is 0 Å². The third-order valence-corrected chi connectivity index (χ3v) is 4.59. The van der Waals surface area contributed by atoms with Crippen molar-refractivity contribution < 1.29 is 9.53 Å². The Balaban J connectivity index is 1.72. The lowest BCUT2D eigenvalue weighted by atomic mass is 10.1. The zero-order chi connectivity index (χ0) is 17.1. The molecule has 128 valence electrons. The number of nitrogens with zero attached hydrogens (tertiary/aromatic N) is 2. The molecule has 1 amide bonds. The molecule has 1 aliphatic rings. The summed E-state index contributed by atoms with van der Waals surface area (Å²) < 4.78 is 7.77. The number of nitrogens with one attached hydrogen (secondary N) is 2. The van der Waals surface area contributed by atoms with Crippen LogP contribution in [0.5, 0.6) is 0 Å². The van der Waals surface area contributed by atoms with Gasteiger partial charge in [-0.1, -0.05) is 29.8 Å². The maximum atomic E-state index is 12.4. The Morgan fingerprint density at radius 2 is 2.25 bits per heavy atom. The molecule has 7 heteroatoms. The minimum Gasteiger partial charge on any atom is -0.376 e. The lowest BCUT2D eigenvalue weighted by Crippen LogP contribution is -2.42. The highest BCUT2D eigenvalue weighted by atomic mass is 32.1. The highest BCUT2D eigenvalue weighted by Crippen LogP contribution is 2.18. The number of aromatic amines is 1. The lowest BCUT2D eigenvalue weighted by Gasteiger charge is -2.20. The smallest absolute Gasteiger partial charge is 0.240 e.